The Morgan fingerprint density at radius 3 is 2.73 bits per heavy atom. The average molecular weight is 409 g/mol. The summed E-state index contributed by atoms with van der Waals surface area (Å²) in [5.74, 6) is 0.237. The van der Waals surface area contributed by atoms with Crippen molar-refractivity contribution < 1.29 is 13.2 Å². The van der Waals surface area contributed by atoms with Gasteiger partial charge in [0.15, 0.2) is 0 Å². The molecule has 0 saturated heterocycles. The first-order valence-corrected chi connectivity index (χ1v) is 10.5. The fourth-order valence-electron chi connectivity index (χ4n) is 2.43. The van der Waals surface area contributed by atoms with Crippen molar-refractivity contribution in [1.29, 1.82) is 0 Å². The van der Waals surface area contributed by atoms with Crippen molar-refractivity contribution >= 4 is 33.0 Å². The van der Waals surface area contributed by atoms with Gasteiger partial charge in [-0.05, 0) is 30.7 Å². The number of aromatic nitrogens is 1. The van der Waals surface area contributed by atoms with Crippen LogP contribution in [0.15, 0.2) is 52.7 Å². The van der Waals surface area contributed by atoms with E-state index in [1.165, 1.54) is 30.6 Å². The SMILES string of the molecule is COc1ccc(Cl)cc1S(=O)(=O)NCc1csc(-c2ccccc2C)n1. The Morgan fingerprint density at radius 2 is 2.00 bits per heavy atom. The lowest BCUT2D eigenvalue weighted by Crippen LogP contribution is -2.24. The minimum Gasteiger partial charge on any atom is -0.495 e. The van der Waals surface area contributed by atoms with Crippen LogP contribution in [0.3, 0.4) is 0 Å². The second kappa shape index (κ2) is 7.75. The number of sulfonamides is 1. The quantitative estimate of drug-likeness (QED) is 0.661. The summed E-state index contributed by atoms with van der Waals surface area (Å²) < 4.78 is 32.9. The van der Waals surface area contributed by atoms with Gasteiger partial charge in [0, 0.05) is 16.0 Å². The zero-order chi connectivity index (χ0) is 18.7. The van der Waals surface area contributed by atoms with Crippen LogP contribution in [0.4, 0.5) is 0 Å². The van der Waals surface area contributed by atoms with Crippen molar-refractivity contribution in [3.05, 3.63) is 64.1 Å². The highest BCUT2D eigenvalue weighted by Gasteiger charge is 2.20. The van der Waals surface area contributed by atoms with Crippen LogP contribution in [0.1, 0.15) is 11.3 Å². The summed E-state index contributed by atoms with van der Waals surface area (Å²) in [7, 11) is -2.37. The molecule has 0 aliphatic rings. The summed E-state index contributed by atoms with van der Waals surface area (Å²) in [4.78, 5) is 4.53. The number of halogens is 1. The second-order valence-electron chi connectivity index (χ2n) is 5.58. The number of ether oxygens (including phenoxy) is 1. The zero-order valence-electron chi connectivity index (χ0n) is 14.2. The van der Waals surface area contributed by atoms with Gasteiger partial charge in [0.25, 0.3) is 0 Å². The van der Waals surface area contributed by atoms with Crippen molar-refractivity contribution in [3.63, 3.8) is 0 Å². The number of nitrogens with zero attached hydrogens (tertiary/aromatic N) is 1. The lowest BCUT2D eigenvalue weighted by atomic mass is 10.1. The molecule has 1 heterocycles. The molecular weight excluding hydrogens is 392 g/mol. The predicted molar refractivity (Wildman–Crippen MR) is 104 cm³/mol. The third-order valence-electron chi connectivity index (χ3n) is 3.79. The molecule has 0 atom stereocenters. The molecule has 0 bridgehead atoms. The van der Waals surface area contributed by atoms with Gasteiger partial charge in [0.1, 0.15) is 15.7 Å². The number of rotatable bonds is 6. The van der Waals surface area contributed by atoms with Gasteiger partial charge >= 0.3 is 0 Å². The van der Waals surface area contributed by atoms with Crippen LogP contribution in [0, 0.1) is 6.92 Å². The molecule has 0 aliphatic carbocycles. The fraction of sp³-hybridized carbons (Fsp3) is 0.167. The number of nitrogens with one attached hydrogen (secondary N) is 1. The van der Waals surface area contributed by atoms with Gasteiger partial charge in [0.05, 0.1) is 19.3 Å². The summed E-state index contributed by atoms with van der Waals surface area (Å²) in [6, 6.07) is 12.4. The maximum Gasteiger partial charge on any atom is 0.244 e. The molecule has 8 heteroatoms. The monoisotopic (exact) mass is 408 g/mol. The van der Waals surface area contributed by atoms with E-state index in [4.69, 9.17) is 16.3 Å². The van der Waals surface area contributed by atoms with E-state index in [0.29, 0.717) is 10.7 Å². The van der Waals surface area contributed by atoms with Crippen LogP contribution in [-0.2, 0) is 16.6 Å². The zero-order valence-corrected chi connectivity index (χ0v) is 16.6. The number of benzene rings is 2. The van der Waals surface area contributed by atoms with Crippen molar-refractivity contribution in [1.82, 2.24) is 9.71 Å². The molecule has 0 spiro atoms. The van der Waals surface area contributed by atoms with E-state index in [0.717, 1.165) is 16.1 Å². The third-order valence-corrected chi connectivity index (χ3v) is 6.37. The minimum atomic E-state index is -3.78. The van der Waals surface area contributed by atoms with Crippen LogP contribution < -0.4 is 9.46 Å². The smallest absolute Gasteiger partial charge is 0.244 e. The van der Waals surface area contributed by atoms with Gasteiger partial charge in [0.2, 0.25) is 10.0 Å². The molecule has 1 aromatic heterocycles. The van der Waals surface area contributed by atoms with Crippen LogP contribution in [0.5, 0.6) is 5.75 Å². The van der Waals surface area contributed by atoms with Crippen LogP contribution >= 0.6 is 22.9 Å². The van der Waals surface area contributed by atoms with E-state index in [9.17, 15) is 8.42 Å². The van der Waals surface area contributed by atoms with Gasteiger partial charge in [-0.2, -0.15) is 0 Å². The molecule has 136 valence electrons. The van der Waals surface area contributed by atoms with Gasteiger partial charge < -0.3 is 4.74 Å². The number of aryl methyl sites for hydroxylation is 1. The largest absolute Gasteiger partial charge is 0.495 e. The van der Waals surface area contributed by atoms with Crippen LogP contribution in [0.2, 0.25) is 5.02 Å². The van der Waals surface area contributed by atoms with Crippen molar-refractivity contribution in [2.45, 2.75) is 18.4 Å². The normalized spacial score (nSPS) is 11.5. The van der Waals surface area contributed by atoms with Crippen molar-refractivity contribution in [2.24, 2.45) is 0 Å². The Kier molecular flexibility index (Phi) is 5.62. The Hall–Kier alpha value is -1.93. The second-order valence-corrected chi connectivity index (χ2v) is 8.61. The van der Waals surface area contributed by atoms with Gasteiger partial charge in [-0.25, -0.2) is 18.1 Å². The third kappa shape index (κ3) is 4.07. The molecule has 1 N–H and O–H groups in total. The van der Waals surface area contributed by atoms with Crippen molar-refractivity contribution in [3.8, 4) is 16.3 Å². The first-order chi connectivity index (χ1) is 12.4. The number of thiazole rings is 1. The summed E-state index contributed by atoms with van der Waals surface area (Å²) in [6.07, 6.45) is 0. The van der Waals surface area contributed by atoms with Gasteiger partial charge in [-0.15, -0.1) is 11.3 Å². The Labute approximate surface area is 161 Å². The molecule has 0 saturated carbocycles. The first-order valence-electron chi connectivity index (χ1n) is 7.74. The molecular formula is C18H17ClN2O3S2. The van der Waals surface area contributed by atoms with E-state index in [1.54, 1.807) is 6.07 Å². The molecule has 2 aromatic carbocycles. The Bertz CT molecular complexity index is 1030. The Morgan fingerprint density at radius 1 is 1.23 bits per heavy atom. The molecule has 0 radical (unpaired) electrons. The molecule has 5 nitrogen and oxygen atoms in total. The van der Waals surface area contributed by atoms with E-state index in [-0.39, 0.29) is 17.2 Å². The highest BCUT2D eigenvalue weighted by molar-refractivity contribution is 7.89. The van der Waals surface area contributed by atoms with Gasteiger partial charge in [-0.1, -0.05) is 35.9 Å². The molecule has 0 fully saturated rings. The summed E-state index contributed by atoms with van der Waals surface area (Å²) in [6.45, 7) is 2.10. The summed E-state index contributed by atoms with van der Waals surface area (Å²) >= 11 is 7.41. The molecule has 0 aliphatic heterocycles. The molecule has 0 unspecified atom stereocenters. The fourth-order valence-corrected chi connectivity index (χ4v) is 4.77. The molecule has 3 aromatic rings. The van der Waals surface area contributed by atoms with Crippen molar-refractivity contribution in [2.75, 3.05) is 7.11 Å². The minimum absolute atomic E-state index is 0.00172. The summed E-state index contributed by atoms with van der Waals surface area (Å²) in [5.41, 5.74) is 2.82. The first kappa shape index (κ1) is 18.8. The van der Waals surface area contributed by atoms with Crippen LogP contribution in [0.25, 0.3) is 10.6 Å². The molecule has 26 heavy (non-hydrogen) atoms. The summed E-state index contributed by atoms with van der Waals surface area (Å²) in [5, 5.41) is 3.03. The lowest BCUT2D eigenvalue weighted by molar-refractivity contribution is 0.402. The lowest BCUT2D eigenvalue weighted by Gasteiger charge is -2.10. The van der Waals surface area contributed by atoms with E-state index in [1.807, 2.05) is 36.6 Å². The number of methoxy groups -OCH3 is 1. The standard InChI is InChI=1S/C18H17ClN2O3S2/c1-12-5-3-4-6-15(12)18-21-14(11-25-18)10-20-26(22,23)17-9-13(19)7-8-16(17)24-2/h3-9,11,20H,10H2,1-2H3. The maximum atomic E-state index is 12.6. The molecule has 3 rings (SSSR count). The number of hydrogen-bond donors (Lipinski definition) is 1. The highest BCUT2D eigenvalue weighted by Crippen LogP contribution is 2.28. The molecule has 0 amide bonds. The van der Waals surface area contributed by atoms with E-state index >= 15 is 0 Å². The predicted octanol–water partition coefficient (Wildman–Crippen LogP) is 4.26. The topological polar surface area (TPSA) is 68.3 Å². The van der Waals surface area contributed by atoms with Gasteiger partial charge in [-0.3, -0.25) is 0 Å². The number of hydrogen-bond acceptors (Lipinski definition) is 5. The Balaban J connectivity index is 1.79. The average Bonchev–Trinajstić information content (AvgIpc) is 3.09. The van der Waals surface area contributed by atoms with E-state index in [2.05, 4.69) is 9.71 Å². The van der Waals surface area contributed by atoms with E-state index < -0.39 is 10.0 Å². The maximum absolute atomic E-state index is 12.6. The van der Waals surface area contributed by atoms with Crippen LogP contribution in [-0.4, -0.2) is 20.5 Å². The highest BCUT2D eigenvalue weighted by atomic mass is 35.5.